The number of anilines is 1. The van der Waals surface area contributed by atoms with Crippen molar-refractivity contribution in [3.63, 3.8) is 0 Å². The van der Waals surface area contributed by atoms with Gasteiger partial charge in [0, 0.05) is 18.0 Å². The van der Waals surface area contributed by atoms with Crippen LogP contribution < -0.4 is 5.32 Å². The van der Waals surface area contributed by atoms with Crippen LogP contribution in [0.2, 0.25) is 0 Å². The number of carbonyl (C=O) groups excluding carboxylic acids is 1. The SMILES string of the molecule is O=C(Nc1cc(-c2cccc(C(F)(F)F)c2)ccc1C(=O)O)c1cncc(-c2ccccc2)c1.[NaH]. The minimum atomic E-state index is -4.52. The minimum absolute atomic E-state index is 0. The summed E-state index contributed by atoms with van der Waals surface area (Å²) in [5, 5.41) is 12.1. The van der Waals surface area contributed by atoms with Crippen molar-refractivity contribution in [2.75, 3.05) is 5.32 Å². The molecule has 5 nitrogen and oxygen atoms in total. The molecule has 0 radical (unpaired) electrons. The van der Waals surface area contributed by atoms with Gasteiger partial charge in [0.15, 0.2) is 0 Å². The Morgan fingerprint density at radius 1 is 0.771 bits per heavy atom. The molecule has 1 aromatic heterocycles. The zero-order valence-corrected chi connectivity index (χ0v) is 17.5. The van der Waals surface area contributed by atoms with Crippen molar-refractivity contribution < 1.29 is 27.9 Å². The van der Waals surface area contributed by atoms with Gasteiger partial charge in [0.2, 0.25) is 0 Å². The van der Waals surface area contributed by atoms with Crippen LogP contribution in [0.15, 0.2) is 91.3 Å². The fraction of sp³-hybridized carbons (Fsp3) is 0.0385. The van der Waals surface area contributed by atoms with Crippen molar-refractivity contribution in [3.8, 4) is 22.3 Å². The Morgan fingerprint density at radius 3 is 2.14 bits per heavy atom. The Hall–Kier alpha value is -3.46. The molecule has 172 valence electrons. The number of alkyl halides is 3. The molecule has 0 bridgehead atoms. The Morgan fingerprint density at radius 2 is 1.46 bits per heavy atom. The van der Waals surface area contributed by atoms with Crippen LogP contribution in [0.1, 0.15) is 26.3 Å². The summed E-state index contributed by atoms with van der Waals surface area (Å²) < 4.78 is 39.3. The van der Waals surface area contributed by atoms with E-state index in [1.807, 2.05) is 30.3 Å². The molecule has 4 aromatic rings. The van der Waals surface area contributed by atoms with E-state index in [9.17, 15) is 27.9 Å². The zero-order chi connectivity index (χ0) is 24.3. The van der Waals surface area contributed by atoms with Gasteiger partial charge in [-0.1, -0.05) is 48.5 Å². The number of aromatic carboxylic acids is 1. The predicted octanol–water partition coefficient (Wildman–Crippen LogP) is 5.74. The monoisotopic (exact) mass is 486 g/mol. The Kier molecular flexibility index (Phi) is 8.11. The van der Waals surface area contributed by atoms with Gasteiger partial charge in [-0.2, -0.15) is 13.2 Å². The van der Waals surface area contributed by atoms with Crippen LogP contribution in [0.4, 0.5) is 18.9 Å². The van der Waals surface area contributed by atoms with E-state index in [4.69, 9.17) is 0 Å². The molecule has 0 spiro atoms. The van der Waals surface area contributed by atoms with Crippen LogP contribution in [0.5, 0.6) is 0 Å². The fourth-order valence-electron chi connectivity index (χ4n) is 3.44. The second-order valence-electron chi connectivity index (χ2n) is 7.43. The summed E-state index contributed by atoms with van der Waals surface area (Å²) in [4.78, 5) is 28.7. The van der Waals surface area contributed by atoms with Gasteiger partial charge in [-0.15, -0.1) is 0 Å². The van der Waals surface area contributed by atoms with Gasteiger partial charge in [0.25, 0.3) is 5.91 Å². The average Bonchev–Trinajstić information content (AvgIpc) is 2.84. The summed E-state index contributed by atoms with van der Waals surface area (Å²) in [5.41, 5.74) is 1.22. The van der Waals surface area contributed by atoms with E-state index < -0.39 is 23.6 Å². The van der Waals surface area contributed by atoms with Gasteiger partial charge >= 0.3 is 41.7 Å². The molecular formula is C26H18F3N2NaO3. The van der Waals surface area contributed by atoms with Crippen LogP contribution in [0.25, 0.3) is 22.3 Å². The molecule has 0 saturated carbocycles. The number of carboxylic acids is 1. The molecular weight excluding hydrogens is 468 g/mol. The van der Waals surface area contributed by atoms with Crippen LogP contribution >= 0.6 is 0 Å². The van der Waals surface area contributed by atoms with E-state index in [-0.39, 0.29) is 51.9 Å². The fourth-order valence-corrected chi connectivity index (χ4v) is 3.44. The molecule has 1 amide bonds. The molecule has 0 unspecified atom stereocenters. The Labute approximate surface area is 220 Å². The van der Waals surface area contributed by atoms with Crippen molar-refractivity contribution in [3.05, 3.63) is 108 Å². The first kappa shape index (κ1) is 26.2. The van der Waals surface area contributed by atoms with Crippen molar-refractivity contribution in [2.45, 2.75) is 6.18 Å². The van der Waals surface area contributed by atoms with Crippen LogP contribution in [0, 0.1) is 0 Å². The van der Waals surface area contributed by atoms with Gasteiger partial charge < -0.3 is 10.4 Å². The van der Waals surface area contributed by atoms with Crippen molar-refractivity contribution in [1.82, 2.24) is 4.98 Å². The molecule has 0 aliphatic rings. The van der Waals surface area contributed by atoms with Crippen LogP contribution in [-0.2, 0) is 6.18 Å². The molecule has 0 atom stereocenters. The number of carboxylic acid groups (broad SMARTS) is 1. The third kappa shape index (κ3) is 6.16. The first-order valence-electron chi connectivity index (χ1n) is 10.1. The van der Waals surface area contributed by atoms with Crippen LogP contribution in [-0.4, -0.2) is 51.5 Å². The topological polar surface area (TPSA) is 79.3 Å². The number of halogens is 3. The van der Waals surface area contributed by atoms with Gasteiger partial charge in [-0.05, 0) is 47.0 Å². The molecule has 9 heteroatoms. The van der Waals surface area contributed by atoms with E-state index in [1.54, 1.807) is 12.3 Å². The first-order chi connectivity index (χ1) is 16.2. The number of nitrogens with zero attached hydrogens (tertiary/aromatic N) is 1. The standard InChI is InChI=1S/C26H17F3N2O3.Na.H/c27-26(28,29)21-8-4-7-17(12-21)18-9-10-22(25(33)34)23(13-18)31-24(32)20-11-19(14-30-15-20)16-5-2-1-3-6-16;;/h1-15H,(H,31,32)(H,33,34);;. The maximum absolute atomic E-state index is 13.1. The number of hydrogen-bond donors (Lipinski definition) is 2. The number of amides is 1. The summed E-state index contributed by atoms with van der Waals surface area (Å²) in [6.07, 6.45) is -1.58. The summed E-state index contributed by atoms with van der Waals surface area (Å²) >= 11 is 0. The normalized spacial score (nSPS) is 10.8. The second-order valence-corrected chi connectivity index (χ2v) is 7.43. The van der Waals surface area contributed by atoms with Gasteiger partial charge in [0.05, 0.1) is 22.4 Å². The van der Waals surface area contributed by atoms with Gasteiger partial charge in [-0.3, -0.25) is 9.78 Å². The van der Waals surface area contributed by atoms with E-state index >= 15 is 0 Å². The van der Waals surface area contributed by atoms with E-state index in [2.05, 4.69) is 10.3 Å². The van der Waals surface area contributed by atoms with Crippen molar-refractivity contribution >= 4 is 47.1 Å². The molecule has 1 heterocycles. The molecule has 3 aromatic carbocycles. The summed E-state index contributed by atoms with van der Waals surface area (Å²) in [6.45, 7) is 0. The Balaban J connectivity index is 0.00000342. The van der Waals surface area contributed by atoms with Crippen molar-refractivity contribution in [2.24, 2.45) is 0 Å². The van der Waals surface area contributed by atoms with Crippen LogP contribution in [0.3, 0.4) is 0 Å². The Bertz CT molecular complexity index is 1380. The number of aromatic nitrogens is 1. The van der Waals surface area contributed by atoms with E-state index in [1.165, 1.54) is 36.5 Å². The number of benzene rings is 3. The van der Waals surface area contributed by atoms with E-state index in [0.717, 1.165) is 17.7 Å². The number of pyridine rings is 1. The summed E-state index contributed by atoms with van der Waals surface area (Å²) in [6, 6.07) is 19.5. The molecule has 0 fully saturated rings. The number of rotatable bonds is 5. The summed E-state index contributed by atoms with van der Waals surface area (Å²) in [5.74, 6) is -1.89. The van der Waals surface area contributed by atoms with E-state index in [0.29, 0.717) is 11.1 Å². The third-order valence-corrected chi connectivity index (χ3v) is 5.13. The van der Waals surface area contributed by atoms with Gasteiger partial charge in [0.1, 0.15) is 0 Å². The quantitative estimate of drug-likeness (QED) is 0.353. The molecule has 2 N–H and O–H groups in total. The average molecular weight is 486 g/mol. The predicted molar refractivity (Wildman–Crippen MR) is 129 cm³/mol. The maximum atomic E-state index is 13.1. The first-order valence-corrected chi connectivity index (χ1v) is 10.1. The summed E-state index contributed by atoms with van der Waals surface area (Å²) in [7, 11) is 0. The molecule has 0 aliphatic heterocycles. The molecule has 0 aliphatic carbocycles. The molecule has 35 heavy (non-hydrogen) atoms. The number of hydrogen-bond acceptors (Lipinski definition) is 3. The second kappa shape index (κ2) is 10.9. The zero-order valence-electron chi connectivity index (χ0n) is 17.5. The van der Waals surface area contributed by atoms with Crippen molar-refractivity contribution in [1.29, 1.82) is 0 Å². The molecule has 4 rings (SSSR count). The number of carbonyl (C=O) groups is 2. The molecule has 0 saturated heterocycles. The van der Waals surface area contributed by atoms with Gasteiger partial charge in [-0.25, -0.2) is 4.79 Å². The third-order valence-electron chi connectivity index (χ3n) is 5.13. The number of nitrogens with one attached hydrogen (secondary N) is 1.